The van der Waals surface area contributed by atoms with Gasteiger partial charge in [-0.25, -0.2) is 24.7 Å². The lowest BCUT2D eigenvalue weighted by atomic mass is 10.1. The lowest BCUT2D eigenvalue weighted by molar-refractivity contribution is 0.0600. The van der Waals surface area contributed by atoms with Gasteiger partial charge in [-0.3, -0.25) is 0 Å². The Kier molecular flexibility index (Phi) is 6.45. The minimum atomic E-state index is -0.465. The smallest absolute Gasteiger partial charge is 0.337 e. The first-order chi connectivity index (χ1) is 16.5. The Labute approximate surface area is 195 Å². The summed E-state index contributed by atoms with van der Waals surface area (Å²) in [7, 11) is 2.77. The van der Waals surface area contributed by atoms with Crippen LogP contribution in [0, 0.1) is 0 Å². The van der Waals surface area contributed by atoms with Gasteiger partial charge in [-0.05, 0) is 36.4 Å². The van der Waals surface area contributed by atoms with E-state index in [1.807, 2.05) is 0 Å². The monoisotopic (exact) mass is 456 g/mol. The molecule has 0 saturated heterocycles. The molecule has 1 aromatic heterocycles. The number of hydrogen-bond acceptors (Lipinski definition) is 9. The number of para-hydroxylation sites is 1. The Hall–Kier alpha value is -4.79. The third-order valence-electron chi connectivity index (χ3n) is 4.89. The number of esters is 1. The molecule has 2 N–H and O–H groups in total. The van der Waals surface area contributed by atoms with Crippen molar-refractivity contribution in [3.63, 3.8) is 0 Å². The van der Waals surface area contributed by atoms with Crippen molar-refractivity contribution in [3.05, 3.63) is 72.3 Å². The number of carbonyl (C=O) groups excluding carboxylic acids is 1. The molecular formula is C25H20N4O5. The van der Waals surface area contributed by atoms with E-state index in [9.17, 15) is 15.0 Å². The molecule has 0 atom stereocenters. The number of methoxy groups -OCH3 is 2. The van der Waals surface area contributed by atoms with Gasteiger partial charge in [0.1, 0.15) is 11.5 Å². The van der Waals surface area contributed by atoms with Gasteiger partial charge in [-0.1, -0.05) is 30.3 Å². The molecule has 0 radical (unpaired) electrons. The first kappa shape index (κ1) is 22.4. The molecule has 9 heteroatoms. The number of ether oxygens (including phenoxy) is 2. The maximum absolute atomic E-state index is 11.8. The van der Waals surface area contributed by atoms with E-state index in [4.69, 9.17) is 9.47 Å². The second-order valence-corrected chi connectivity index (χ2v) is 7.03. The third-order valence-corrected chi connectivity index (χ3v) is 4.89. The molecule has 0 bridgehead atoms. The van der Waals surface area contributed by atoms with Gasteiger partial charge in [-0.15, -0.1) is 0 Å². The van der Waals surface area contributed by atoms with Crippen molar-refractivity contribution >= 4 is 18.1 Å². The molecule has 0 amide bonds. The van der Waals surface area contributed by atoms with Crippen LogP contribution in [0.15, 0.2) is 71.7 Å². The van der Waals surface area contributed by atoms with Crippen molar-refractivity contribution in [2.75, 3.05) is 14.2 Å². The number of rotatable bonds is 6. The first-order valence-corrected chi connectivity index (χ1v) is 10.1. The summed E-state index contributed by atoms with van der Waals surface area (Å²) in [5.74, 6) is 0.0349. The van der Waals surface area contributed by atoms with E-state index in [0.29, 0.717) is 22.4 Å². The molecule has 4 aromatic rings. The molecule has 9 nitrogen and oxygen atoms in total. The van der Waals surface area contributed by atoms with Gasteiger partial charge < -0.3 is 19.7 Å². The molecule has 0 aliphatic carbocycles. The minimum absolute atomic E-state index is 0.0125. The van der Waals surface area contributed by atoms with E-state index in [1.165, 1.54) is 32.8 Å². The first-order valence-electron chi connectivity index (χ1n) is 10.1. The number of aromatic hydroxyl groups is 2. The fourth-order valence-corrected chi connectivity index (χ4v) is 3.25. The van der Waals surface area contributed by atoms with E-state index in [-0.39, 0.29) is 34.5 Å². The van der Waals surface area contributed by atoms with Crippen LogP contribution in [0.25, 0.3) is 34.2 Å². The molecule has 0 aliphatic heterocycles. The largest absolute Gasteiger partial charge is 0.507 e. The molecule has 0 saturated carbocycles. The molecule has 3 aromatic carbocycles. The number of nitrogens with zero attached hydrogens (tertiary/aromatic N) is 4. The molecular weight excluding hydrogens is 436 g/mol. The zero-order valence-corrected chi connectivity index (χ0v) is 18.3. The van der Waals surface area contributed by atoms with Crippen LogP contribution < -0.4 is 0 Å². The average Bonchev–Trinajstić information content (AvgIpc) is 2.87. The normalized spacial score (nSPS) is 10.9. The van der Waals surface area contributed by atoms with Gasteiger partial charge in [-0.2, -0.15) is 0 Å². The molecule has 1 heterocycles. The predicted octanol–water partition coefficient (Wildman–Crippen LogP) is 4.38. The highest BCUT2D eigenvalue weighted by Crippen LogP contribution is 2.38. The number of phenolic OH excluding ortho intramolecular Hbond substituents is 2. The van der Waals surface area contributed by atoms with Crippen molar-refractivity contribution in [2.45, 2.75) is 0 Å². The summed E-state index contributed by atoms with van der Waals surface area (Å²) >= 11 is 0. The fraction of sp³-hybridized carbons (Fsp3) is 0.0800. The predicted molar refractivity (Wildman–Crippen MR) is 126 cm³/mol. The van der Waals surface area contributed by atoms with Crippen LogP contribution in [-0.4, -0.2) is 51.8 Å². The Bertz CT molecular complexity index is 1370. The highest BCUT2D eigenvalue weighted by atomic mass is 16.5. The van der Waals surface area contributed by atoms with Crippen molar-refractivity contribution in [1.29, 1.82) is 0 Å². The highest BCUT2D eigenvalue weighted by molar-refractivity contribution is 5.90. The number of benzene rings is 3. The zero-order valence-electron chi connectivity index (χ0n) is 18.3. The van der Waals surface area contributed by atoms with Crippen LogP contribution >= 0.6 is 0 Å². The summed E-state index contributed by atoms with van der Waals surface area (Å²) in [4.78, 5) is 29.6. The highest BCUT2D eigenvalue weighted by Gasteiger charge is 2.19. The van der Waals surface area contributed by atoms with Gasteiger partial charge in [0.2, 0.25) is 0 Å². The lowest BCUT2D eigenvalue weighted by Crippen LogP contribution is -2.02. The molecule has 0 spiro atoms. The maximum Gasteiger partial charge on any atom is 0.337 e. The van der Waals surface area contributed by atoms with E-state index >= 15 is 0 Å². The van der Waals surface area contributed by atoms with Crippen molar-refractivity contribution < 1.29 is 24.5 Å². The zero-order chi connectivity index (χ0) is 24.1. The summed E-state index contributed by atoms with van der Waals surface area (Å²) < 4.78 is 9.67. The van der Waals surface area contributed by atoms with Gasteiger partial charge in [0, 0.05) is 5.56 Å². The molecule has 4 rings (SSSR count). The number of hydrogen-bond donors (Lipinski definition) is 2. The Morgan fingerprint density at radius 2 is 1.50 bits per heavy atom. The number of carbonyl (C=O) groups is 1. The van der Waals surface area contributed by atoms with E-state index < -0.39 is 5.97 Å². The molecule has 0 aliphatic rings. The third kappa shape index (κ3) is 4.53. The number of phenols is 2. The Balaban J connectivity index is 1.94. The van der Waals surface area contributed by atoms with E-state index in [1.54, 1.807) is 54.6 Å². The lowest BCUT2D eigenvalue weighted by Gasteiger charge is -2.11. The quantitative estimate of drug-likeness (QED) is 0.249. The van der Waals surface area contributed by atoms with Crippen LogP contribution in [0.4, 0.5) is 5.69 Å². The maximum atomic E-state index is 11.8. The van der Waals surface area contributed by atoms with Crippen molar-refractivity contribution in [3.8, 4) is 45.7 Å². The Morgan fingerprint density at radius 1 is 0.824 bits per heavy atom. The van der Waals surface area contributed by atoms with Crippen LogP contribution in [-0.2, 0) is 9.47 Å². The molecule has 170 valence electrons. The van der Waals surface area contributed by atoms with Crippen molar-refractivity contribution in [1.82, 2.24) is 15.0 Å². The average molecular weight is 456 g/mol. The SMILES string of the molecule is COC=Nc1cccc(O)c1-c1nc(-c2ccc(C(=O)OC)cc2)nc(-c2ccccc2O)n1. The van der Waals surface area contributed by atoms with Crippen LogP contribution in [0.2, 0.25) is 0 Å². The van der Waals surface area contributed by atoms with Crippen LogP contribution in [0.1, 0.15) is 10.4 Å². The Morgan fingerprint density at radius 3 is 2.21 bits per heavy atom. The second-order valence-electron chi connectivity index (χ2n) is 7.03. The van der Waals surface area contributed by atoms with Gasteiger partial charge in [0.05, 0.1) is 36.6 Å². The summed E-state index contributed by atoms with van der Waals surface area (Å²) in [5, 5.41) is 21.0. The van der Waals surface area contributed by atoms with E-state index in [2.05, 4.69) is 19.9 Å². The molecule has 0 unspecified atom stereocenters. The minimum Gasteiger partial charge on any atom is -0.507 e. The number of aromatic nitrogens is 3. The van der Waals surface area contributed by atoms with Crippen molar-refractivity contribution in [2.24, 2.45) is 4.99 Å². The summed E-state index contributed by atoms with van der Waals surface area (Å²) in [6, 6.07) is 18.0. The summed E-state index contributed by atoms with van der Waals surface area (Å²) in [6.07, 6.45) is 1.23. The van der Waals surface area contributed by atoms with Gasteiger partial charge in [0.25, 0.3) is 0 Å². The van der Waals surface area contributed by atoms with Crippen LogP contribution in [0.5, 0.6) is 11.5 Å². The summed E-state index contributed by atoms with van der Waals surface area (Å²) in [5.41, 5.74) is 1.99. The second kappa shape index (κ2) is 9.78. The van der Waals surface area contributed by atoms with Gasteiger partial charge in [0.15, 0.2) is 23.9 Å². The number of aliphatic imine (C=N–C) groups is 1. The molecule has 34 heavy (non-hydrogen) atoms. The van der Waals surface area contributed by atoms with E-state index in [0.717, 1.165) is 0 Å². The fourth-order valence-electron chi connectivity index (χ4n) is 3.25. The standard InChI is InChI=1S/C25H20N4O5/c1-33-14-26-18-7-5-9-20(31)21(18)24-28-22(15-10-12-16(13-11-15)25(32)34-2)27-23(29-24)17-6-3-4-8-19(17)30/h3-14,30-31H,1-2H3. The summed E-state index contributed by atoms with van der Waals surface area (Å²) in [6.45, 7) is 0. The van der Waals surface area contributed by atoms with Crippen LogP contribution in [0.3, 0.4) is 0 Å². The topological polar surface area (TPSA) is 127 Å². The van der Waals surface area contributed by atoms with Gasteiger partial charge >= 0.3 is 5.97 Å². The molecule has 0 fully saturated rings.